The fourth-order valence-electron chi connectivity index (χ4n) is 3.74. The smallest absolute Gasteiger partial charge is 0.294 e. The Balaban J connectivity index is 1.84. The first-order valence-electron chi connectivity index (χ1n) is 10.6. The molecule has 0 saturated heterocycles. The van der Waals surface area contributed by atoms with Gasteiger partial charge in [-0.1, -0.05) is 36.4 Å². The fraction of sp³-hybridized carbons (Fsp3) is 0.0833. The number of rotatable bonds is 7. The second-order valence-corrected chi connectivity index (χ2v) is 10.9. The topological polar surface area (TPSA) is 163 Å². The minimum atomic E-state index is -4.57. The Morgan fingerprint density at radius 3 is 2.22 bits per heavy atom. The van der Waals surface area contributed by atoms with E-state index in [1.807, 2.05) is 0 Å². The first-order valence-corrected chi connectivity index (χ1v) is 13.5. The number of para-hydroxylation sites is 1. The summed E-state index contributed by atoms with van der Waals surface area (Å²) in [4.78, 5) is -0.590. The lowest BCUT2D eigenvalue weighted by Crippen LogP contribution is -2.30. The molecule has 0 amide bonds. The van der Waals surface area contributed by atoms with Gasteiger partial charge in [0.2, 0.25) is 0 Å². The van der Waals surface area contributed by atoms with Gasteiger partial charge in [0.05, 0.1) is 21.7 Å². The molecule has 36 heavy (non-hydrogen) atoms. The van der Waals surface area contributed by atoms with Crippen LogP contribution in [0.2, 0.25) is 0 Å². The largest absolute Gasteiger partial charge is 0.507 e. The Morgan fingerprint density at radius 2 is 1.56 bits per heavy atom. The van der Waals surface area contributed by atoms with Gasteiger partial charge in [0.1, 0.15) is 22.0 Å². The van der Waals surface area contributed by atoms with Crippen molar-refractivity contribution in [3.8, 4) is 5.75 Å². The number of phenolic OH excluding ortho intramolecular Hbond substituents is 1. The lowest BCUT2D eigenvalue weighted by Gasteiger charge is -2.23. The normalized spacial score (nSPS) is 12.3. The van der Waals surface area contributed by atoms with Gasteiger partial charge < -0.3 is 10.8 Å². The molecule has 0 heterocycles. The summed E-state index contributed by atoms with van der Waals surface area (Å²) in [6.07, 6.45) is 0. The maximum absolute atomic E-state index is 13.5. The monoisotopic (exact) mass is 526 g/mol. The summed E-state index contributed by atoms with van der Waals surface area (Å²) in [5.41, 5.74) is 6.70. The molecule has 0 radical (unpaired) electrons. The number of nitrogens with zero attached hydrogens (tertiary/aromatic N) is 3. The van der Waals surface area contributed by atoms with Crippen LogP contribution in [0.5, 0.6) is 5.75 Å². The van der Waals surface area contributed by atoms with Crippen molar-refractivity contribution in [3.63, 3.8) is 0 Å². The second-order valence-electron chi connectivity index (χ2n) is 7.69. The average molecular weight is 527 g/mol. The zero-order chi connectivity index (χ0) is 26.1. The molecule has 0 aliphatic carbocycles. The van der Waals surface area contributed by atoms with Gasteiger partial charge in [-0.25, -0.2) is 8.42 Å². The van der Waals surface area contributed by atoms with Gasteiger partial charge in [-0.05, 0) is 48.7 Å². The van der Waals surface area contributed by atoms with E-state index in [1.165, 1.54) is 28.6 Å². The highest BCUT2D eigenvalue weighted by molar-refractivity contribution is 7.93. The Morgan fingerprint density at radius 1 is 0.889 bits per heavy atom. The van der Waals surface area contributed by atoms with Gasteiger partial charge >= 0.3 is 0 Å². The Kier molecular flexibility index (Phi) is 6.67. The minimum absolute atomic E-state index is 0.00879. The number of azo groups is 1. The van der Waals surface area contributed by atoms with E-state index in [0.717, 1.165) is 12.1 Å². The maximum atomic E-state index is 13.5. The van der Waals surface area contributed by atoms with Crippen LogP contribution >= 0.6 is 0 Å². The van der Waals surface area contributed by atoms with Crippen LogP contribution in [0.15, 0.2) is 98.9 Å². The number of nitrogens with two attached hydrogens (primary N) is 1. The van der Waals surface area contributed by atoms with Gasteiger partial charge in [-0.3, -0.25) is 8.86 Å². The van der Waals surface area contributed by atoms with Crippen LogP contribution in [0.25, 0.3) is 10.8 Å². The summed E-state index contributed by atoms with van der Waals surface area (Å²) in [7, 11) is -8.58. The van der Waals surface area contributed by atoms with Crippen molar-refractivity contribution in [1.82, 2.24) is 0 Å². The lowest BCUT2D eigenvalue weighted by atomic mass is 10.1. The number of hydrogen-bond donors (Lipinski definition) is 3. The molecule has 4 rings (SSSR count). The number of fused-ring (bicyclic) bond motifs is 1. The average Bonchev–Trinajstić information content (AvgIpc) is 2.84. The molecule has 0 fully saturated rings. The fourth-order valence-corrected chi connectivity index (χ4v) is 5.87. The number of benzene rings is 4. The molecule has 4 N–H and O–H groups in total. The van der Waals surface area contributed by atoms with Gasteiger partial charge in [-0.2, -0.15) is 8.42 Å². The Hall–Kier alpha value is -4.00. The van der Waals surface area contributed by atoms with Crippen molar-refractivity contribution in [2.45, 2.75) is 16.7 Å². The molecule has 0 spiro atoms. The molecule has 186 valence electrons. The Bertz CT molecular complexity index is 1690. The van der Waals surface area contributed by atoms with Crippen LogP contribution in [0.3, 0.4) is 0 Å². The second kappa shape index (κ2) is 9.57. The predicted molar refractivity (Wildman–Crippen MR) is 137 cm³/mol. The van der Waals surface area contributed by atoms with Crippen molar-refractivity contribution in [2.24, 2.45) is 10.2 Å². The van der Waals surface area contributed by atoms with Gasteiger partial charge in [0.15, 0.2) is 0 Å². The zero-order valence-corrected chi connectivity index (χ0v) is 20.6. The van der Waals surface area contributed by atoms with Crippen molar-refractivity contribution < 1.29 is 26.5 Å². The molecular formula is C24H22N4O6S2. The van der Waals surface area contributed by atoms with E-state index in [1.54, 1.807) is 49.4 Å². The predicted octanol–water partition coefficient (Wildman–Crippen LogP) is 5.00. The molecule has 0 unspecified atom stereocenters. The van der Waals surface area contributed by atoms with Crippen LogP contribution in [0, 0.1) is 0 Å². The summed E-state index contributed by atoms with van der Waals surface area (Å²) in [5, 5.41) is 19.1. The molecule has 0 aliphatic rings. The van der Waals surface area contributed by atoms with Crippen molar-refractivity contribution in [1.29, 1.82) is 0 Å². The van der Waals surface area contributed by atoms with E-state index >= 15 is 0 Å². The van der Waals surface area contributed by atoms with E-state index in [0.29, 0.717) is 5.69 Å². The number of nitrogen functional groups attached to an aromatic ring is 1. The molecule has 10 nitrogen and oxygen atoms in total. The number of hydrogen-bond acceptors (Lipinski definition) is 8. The number of phenols is 1. The summed E-state index contributed by atoms with van der Waals surface area (Å²) < 4.78 is 60.7. The molecule has 12 heteroatoms. The van der Waals surface area contributed by atoms with Crippen molar-refractivity contribution in [3.05, 3.63) is 78.9 Å². The molecule has 0 saturated carbocycles. The number of sulfonamides is 1. The first kappa shape index (κ1) is 25.1. The SMILES string of the molecule is CCN(c1ccccc1)S(=O)(=O)c1ccccc1N=Nc1c(N)ccc2cc(S(=O)(=O)O)cc(O)c12. The highest BCUT2D eigenvalue weighted by atomic mass is 32.2. The summed E-state index contributed by atoms with van der Waals surface area (Å²) in [6.45, 7) is 1.90. The molecular weight excluding hydrogens is 504 g/mol. The zero-order valence-electron chi connectivity index (χ0n) is 19.0. The third kappa shape index (κ3) is 4.73. The molecule has 0 aliphatic heterocycles. The summed E-state index contributed by atoms with van der Waals surface area (Å²) in [6, 6.07) is 19.6. The van der Waals surface area contributed by atoms with E-state index < -0.39 is 30.8 Å². The third-order valence-electron chi connectivity index (χ3n) is 5.39. The first-order chi connectivity index (χ1) is 17.0. The van der Waals surface area contributed by atoms with Crippen LogP contribution < -0.4 is 10.0 Å². The van der Waals surface area contributed by atoms with Gasteiger partial charge in [0.25, 0.3) is 20.1 Å². The van der Waals surface area contributed by atoms with Crippen LogP contribution in [-0.4, -0.2) is 33.0 Å². The quantitative estimate of drug-likeness (QED) is 0.173. The van der Waals surface area contributed by atoms with Crippen LogP contribution in [0.1, 0.15) is 6.92 Å². The number of aromatic hydroxyl groups is 1. The van der Waals surface area contributed by atoms with E-state index in [4.69, 9.17) is 5.73 Å². The maximum Gasteiger partial charge on any atom is 0.294 e. The molecule has 4 aromatic carbocycles. The summed E-state index contributed by atoms with van der Waals surface area (Å²) in [5.74, 6) is -0.497. The van der Waals surface area contributed by atoms with Gasteiger partial charge in [0, 0.05) is 12.6 Å². The number of anilines is 2. The van der Waals surface area contributed by atoms with Crippen molar-refractivity contribution >= 4 is 53.7 Å². The van der Waals surface area contributed by atoms with Crippen LogP contribution in [0.4, 0.5) is 22.7 Å². The Labute approximate surface area is 208 Å². The third-order valence-corrected chi connectivity index (χ3v) is 8.18. The van der Waals surface area contributed by atoms with E-state index in [2.05, 4.69) is 10.2 Å². The highest BCUT2D eigenvalue weighted by Gasteiger charge is 2.26. The van der Waals surface area contributed by atoms with Crippen molar-refractivity contribution in [2.75, 3.05) is 16.6 Å². The molecule has 0 aromatic heterocycles. The molecule has 0 bridgehead atoms. The minimum Gasteiger partial charge on any atom is -0.507 e. The molecule has 0 atom stereocenters. The summed E-state index contributed by atoms with van der Waals surface area (Å²) >= 11 is 0. The molecule has 4 aromatic rings. The van der Waals surface area contributed by atoms with E-state index in [-0.39, 0.29) is 39.3 Å². The lowest BCUT2D eigenvalue weighted by molar-refractivity contribution is 0.471. The highest BCUT2D eigenvalue weighted by Crippen LogP contribution is 2.41. The van der Waals surface area contributed by atoms with Crippen LogP contribution in [-0.2, 0) is 20.1 Å². The standard InChI is InChI=1S/C24H22N4O6S2/c1-2-28(17-8-4-3-5-9-17)35(30,31)22-11-7-6-10-20(22)26-27-24-19(25)13-12-16-14-18(36(32,33)34)15-21(29)23(16)24/h3-15,29H,2,25H2,1H3,(H,32,33,34). The van der Waals surface area contributed by atoms with E-state index in [9.17, 15) is 26.5 Å². The van der Waals surface area contributed by atoms with Gasteiger partial charge in [-0.15, -0.1) is 10.2 Å².